The quantitative estimate of drug-likeness (QED) is 0.403. The van der Waals surface area contributed by atoms with E-state index in [4.69, 9.17) is 4.74 Å². The summed E-state index contributed by atoms with van der Waals surface area (Å²) in [5.74, 6) is -0.829. The molecule has 2 N–H and O–H groups in total. The summed E-state index contributed by atoms with van der Waals surface area (Å²) < 4.78 is 5.27. The number of methoxy groups -OCH3 is 1. The van der Waals surface area contributed by atoms with Crippen molar-refractivity contribution in [1.29, 1.82) is 0 Å². The average molecular weight is 424 g/mol. The molecule has 0 radical (unpaired) electrons. The Hall–Kier alpha value is -3.32. The van der Waals surface area contributed by atoms with E-state index < -0.39 is 17.7 Å². The number of ketones is 1. The van der Waals surface area contributed by atoms with E-state index in [0.717, 1.165) is 12.1 Å². The number of nitrogens with zero attached hydrogens (tertiary/aromatic N) is 2. The summed E-state index contributed by atoms with van der Waals surface area (Å²) in [6.07, 6.45) is 0.677. The standard InChI is InChI=1S/C24H28N2O5/c1-15-14-17(8-11-19(15)31-4)22(28)20-21(16-6-9-18(27)10-7-16)26(24(30)23(20)29)13-5-12-25(2)3/h6-11,14,21,27-28H,5,12-13H2,1-4H3. The first-order valence-electron chi connectivity index (χ1n) is 10.1. The number of phenols is 1. The van der Waals surface area contributed by atoms with Crippen LogP contribution >= 0.6 is 0 Å². The number of carbonyl (C=O) groups is 2. The molecule has 3 rings (SSSR count). The first kappa shape index (κ1) is 22.4. The fourth-order valence-electron chi connectivity index (χ4n) is 3.85. The van der Waals surface area contributed by atoms with Gasteiger partial charge in [0.1, 0.15) is 17.3 Å². The molecule has 31 heavy (non-hydrogen) atoms. The molecule has 1 aliphatic rings. The van der Waals surface area contributed by atoms with Gasteiger partial charge in [-0.1, -0.05) is 12.1 Å². The van der Waals surface area contributed by atoms with Crippen molar-refractivity contribution in [1.82, 2.24) is 9.80 Å². The molecule has 164 valence electrons. The van der Waals surface area contributed by atoms with E-state index in [1.807, 2.05) is 25.9 Å². The third kappa shape index (κ3) is 4.56. The van der Waals surface area contributed by atoms with Crippen molar-refractivity contribution in [3.05, 3.63) is 64.7 Å². The highest BCUT2D eigenvalue weighted by molar-refractivity contribution is 6.46. The number of phenolic OH excluding ortho intramolecular Hbond substituents is 1. The van der Waals surface area contributed by atoms with Crippen molar-refractivity contribution < 1.29 is 24.5 Å². The molecule has 0 spiro atoms. The van der Waals surface area contributed by atoms with Crippen molar-refractivity contribution in [2.45, 2.75) is 19.4 Å². The lowest BCUT2D eigenvalue weighted by Crippen LogP contribution is -2.32. The minimum Gasteiger partial charge on any atom is -0.508 e. The highest BCUT2D eigenvalue weighted by Gasteiger charge is 2.45. The number of aryl methyl sites for hydroxylation is 1. The fourth-order valence-corrected chi connectivity index (χ4v) is 3.85. The lowest BCUT2D eigenvalue weighted by Gasteiger charge is -2.26. The number of carbonyl (C=O) groups excluding carboxylic acids is 2. The second kappa shape index (κ2) is 9.22. The van der Waals surface area contributed by atoms with Gasteiger partial charge in [-0.3, -0.25) is 9.59 Å². The van der Waals surface area contributed by atoms with Crippen LogP contribution in [0.15, 0.2) is 48.0 Å². The first-order valence-corrected chi connectivity index (χ1v) is 10.1. The van der Waals surface area contributed by atoms with Crippen molar-refractivity contribution >= 4 is 17.4 Å². The molecule has 0 bridgehead atoms. The summed E-state index contributed by atoms with van der Waals surface area (Å²) in [5.41, 5.74) is 1.93. The molecular formula is C24H28N2O5. The monoisotopic (exact) mass is 424 g/mol. The summed E-state index contributed by atoms with van der Waals surface area (Å²) in [4.78, 5) is 29.4. The third-order valence-corrected chi connectivity index (χ3v) is 5.42. The maximum Gasteiger partial charge on any atom is 0.295 e. The Kier molecular flexibility index (Phi) is 6.65. The molecule has 7 nitrogen and oxygen atoms in total. The summed E-state index contributed by atoms with van der Waals surface area (Å²) >= 11 is 0. The minimum absolute atomic E-state index is 0.0464. The number of benzene rings is 2. The molecule has 1 fully saturated rings. The van der Waals surface area contributed by atoms with Gasteiger partial charge in [0.2, 0.25) is 0 Å². The predicted octanol–water partition coefficient (Wildman–Crippen LogP) is 3.08. The summed E-state index contributed by atoms with van der Waals surface area (Å²) in [5, 5.41) is 20.8. The van der Waals surface area contributed by atoms with Crippen LogP contribution in [-0.2, 0) is 9.59 Å². The Morgan fingerprint density at radius 3 is 2.39 bits per heavy atom. The number of aliphatic hydroxyl groups is 1. The lowest BCUT2D eigenvalue weighted by molar-refractivity contribution is -0.139. The van der Waals surface area contributed by atoms with Gasteiger partial charge < -0.3 is 24.7 Å². The highest BCUT2D eigenvalue weighted by Crippen LogP contribution is 2.40. The van der Waals surface area contributed by atoms with Gasteiger partial charge in [-0.15, -0.1) is 0 Å². The largest absolute Gasteiger partial charge is 0.508 e. The lowest BCUT2D eigenvalue weighted by atomic mass is 9.94. The van der Waals surface area contributed by atoms with Crippen molar-refractivity contribution in [3.63, 3.8) is 0 Å². The Morgan fingerprint density at radius 1 is 1.13 bits per heavy atom. The molecule has 0 saturated carbocycles. The number of aliphatic hydroxyl groups excluding tert-OH is 1. The van der Waals surface area contributed by atoms with Crippen LogP contribution in [0.25, 0.3) is 5.76 Å². The van der Waals surface area contributed by atoms with Crippen molar-refractivity contribution in [3.8, 4) is 11.5 Å². The minimum atomic E-state index is -0.731. The van der Waals surface area contributed by atoms with Crippen LogP contribution in [0.5, 0.6) is 11.5 Å². The molecule has 1 atom stereocenters. The molecule has 0 aliphatic carbocycles. The Labute approximate surface area is 182 Å². The van der Waals surface area contributed by atoms with Crippen LogP contribution in [0.3, 0.4) is 0 Å². The van der Waals surface area contributed by atoms with Gasteiger partial charge in [0.05, 0.1) is 18.7 Å². The Balaban J connectivity index is 2.10. The van der Waals surface area contributed by atoms with Crippen molar-refractivity contribution in [2.75, 3.05) is 34.3 Å². The van der Waals surface area contributed by atoms with E-state index in [1.165, 1.54) is 17.0 Å². The van der Waals surface area contributed by atoms with E-state index in [1.54, 1.807) is 37.4 Å². The number of hydrogen-bond donors (Lipinski definition) is 2. The highest BCUT2D eigenvalue weighted by atomic mass is 16.5. The number of aromatic hydroxyl groups is 1. The van der Waals surface area contributed by atoms with Gasteiger partial charge in [-0.2, -0.15) is 0 Å². The molecule has 2 aromatic carbocycles. The zero-order valence-corrected chi connectivity index (χ0v) is 18.3. The van der Waals surface area contributed by atoms with Gasteiger partial charge in [0.15, 0.2) is 0 Å². The van der Waals surface area contributed by atoms with Gasteiger partial charge in [-0.25, -0.2) is 0 Å². The van der Waals surface area contributed by atoms with E-state index in [-0.39, 0.29) is 17.1 Å². The van der Waals surface area contributed by atoms with Crippen LogP contribution < -0.4 is 4.74 Å². The number of amides is 1. The van der Waals surface area contributed by atoms with Gasteiger partial charge in [0.25, 0.3) is 11.7 Å². The topological polar surface area (TPSA) is 90.3 Å². The maximum absolute atomic E-state index is 13.0. The number of Topliss-reactive ketones (excluding diaryl/α,β-unsaturated/α-hetero) is 1. The Morgan fingerprint density at radius 2 is 1.81 bits per heavy atom. The molecule has 1 heterocycles. The molecule has 7 heteroatoms. The molecule has 2 aromatic rings. The van der Waals surface area contributed by atoms with E-state index in [9.17, 15) is 19.8 Å². The van der Waals surface area contributed by atoms with Crippen LogP contribution in [-0.4, -0.2) is 66.0 Å². The molecule has 0 aromatic heterocycles. The normalized spacial score (nSPS) is 18.1. The van der Waals surface area contributed by atoms with E-state index in [2.05, 4.69) is 0 Å². The zero-order valence-electron chi connectivity index (χ0n) is 18.3. The predicted molar refractivity (Wildman–Crippen MR) is 118 cm³/mol. The maximum atomic E-state index is 13.0. The SMILES string of the molecule is COc1ccc(C(O)=C2C(=O)C(=O)N(CCCN(C)C)C2c2ccc(O)cc2)cc1C. The number of ether oxygens (including phenoxy) is 1. The second-order valence-electron chi connectivity index (χ2n) is 7.93. The van der Waals surface area contributed by atoms with Gasteiger partial charge >= 0.3 is 0 Å². The number of hydrogen-bond acceptors (Lipinski definition) is 6. The van der Waals surface area contributed by atoms with Crippen LogP contribution in [0.4, 0.5) is 0 Å². The molecule has 1 amide bonds. The van der Waals surface area contributed by atoms with Crippen LogP contribution in [0, 0.1) is 6.92 Å². The molecule has 1 aliphatic heterocycles. The van der Waals surface area contributed by atoms with Crippen molar-refractivity contribution in [2.24, 2.45) is 0 Å². The third-order valence-electron chi connectivity index (χ3n) is 5.42. The smallest absolute Gasteiger partial charge is 0.295 e. The summed E-state index contributed by atoms with van der Waals surface area (Å²) in [6, 6.07) is 10.7. The molecule has 1 unspecified atom stereocenters. The fraction of sp³-hybridized carbons (Fsp3) is 0.333. The summed E-state index contributed by atoms with van der Waals surface area (Å²) in [6.45, 7) is 2.96. The average Bonchev–Trinajstić information content (AvgIpc) is 2.98. The Bertz CT molecular complexity index is 1010. The molecular weight excluding hydrogens is 396 g/mol. The molecule has 1 saturated heterocycles. The van der Waals surface area contributed by atoms with Crippen LogP contribution in [0.1, 0.15) is 29.2 Å². The van der Waals surface area contributed by atoms with E-state index in [0.29, 0.717) is 29.8 Å². The van der Waals surface area contributed by atoms with Gasteiger partial charge in [0, 0.05) is 12.1 Å². The van der Waals surface area contributed by atoms with E-state index >= 15 is 0 Å². The number of rotatable bonds is 7. The van der Waals surface area contributed by atoms with Gasteiger partial charge in [-0.05, 0) is 75.4 Å². The zero-order chi connectivity index (χ0) is 22.7. The summed E-state index contributed by atoms with van der Waals surface area (Å²) in [7, 11) is 5.45. The van der Waals surface area contributed by atoms with Crippen LogP contribution in [0.2, 0.25) is 0 Å². The first-order chi connectivity index (χ1) is 14.7. The number of likely N-dealkylation sites (tertiary alicyclic amines) is 1. The second-order valence-corrected chi connectivity index (χ2v) is 7.93.